The zero-order chi connectivity index (χ0) is 8.91. The van der Waals surface area contributed by atoms with Crippen LogP contribution >= 0.6 is 12.2 Å². The van der Waals surface area contributed by atoms with Crippen LogP contribution in [0.2, 0.25) is 0 Å². The van der Waals surface area contributed by atoms with Gasteiger partial charge in [0.05, 0.1) is 12.9 Å². The maximum Gasteiger partial charge on any atom is 0.264 e. The number of methoxy groups -OCH3 is 1. The van der Waals surface area contributed by atoms with Gasteiger partial charge in [0.25, 0.3) is 10.1 Å². The molecule has 0 rings (SSSR count). The van der Waals surface area contributed by atoms with E-state index in [1.165, 1.54) is 7.11 Å². The Morgan fingerprint density at radius 1 is 1.64 bits per heavy atom. The molecule has 0 aliphatic carbocycles. The molecule has 0 aromatic rings. The minimum atomic E-state index is -3.84. The fourth-order valence-electron chi connectivity index (χ4n) is 0.501. The van der Waals surface area contributed by atoms with Gasteiger partial charge in [0.1, 0.15) is 0 Å². The molecule has 0 saturated heterocycles. The molecule has 0 fully saturated rings. The van der Waals surface area contributed by atoms with Crippen LogP contribution in [0, 0.1) is 0 Å². The molecular formula is C5H10O4S2. The van der Waals surface area contributed by atoms with Gasteiger partial charge in [-0.3, -0.25) is 4.55 Å². The average molecular weight is 198 g/mol. The molecule has 4 nitrogen and oxygen atoms in total. The normalized spacial score (nSPS) is 11.1. The van der Waals surface area contributed by atoms with Crippen molar-refractivity contribution in [1.82, 2.24) is 0 Å². The van der Waals surface area contributed by atoms with Crippen molar-refractivity contribution in [2.45, 2.75) is 12.8 Å². The monoisotopic (exact) mass is 198 g/mol. The third-order valence-corrected chi connectivity index (χ3v) is 2.19. The highest BCUT2D eigenvalue weighted by Gasteiger charge is 2.04. The summed E-state index contributed by atoms with van der Waals surface area (Å²) in [7, 11) is -2.42. The molecule has 0 bridgehead atoms. The van der Waals surface area contributed by atoms with E-state index in [1.807, 2.05) is 0 Å². The first-order valence-electron chi connectivity index (χ1n) is 2.97. The van der Waals surface area contributed by atoms with Crippen molar-refractivity contribution in [2.75, 3.05) is 12.9 Å². The topological polar surface area (TPSA) is 63.6 Å². The van der Waals surface area contributed by atoms with Gasteiger partial charge in [-0.25, -0.2) is 0 Å². The highest BCUT2D eigenvalue weighted by molar-refractivity contribution is 7.85. The molecule has 0 radical (unpaired) electrons. The number of ether oxygens (including phenoxy) is 1. The van der Waals surface area contributed by atoms with Crippen LogP contribution in [0.3, 0.4) is 0 Å². The number of hydrogen-bond donors (Lipinski definition) is 1. The quantitative estimate of drug-likeness (QED) is 0.530. The fourth-order valence-corrected chi connectivity index (χ4v) is 1.15. The van der Waals surface area contributed by atoms with Crippen LogP contribution < -0.4 is 0 Å². The van der Waals surface area contributed by atoms with Gasteiger partial charge in [0, 0.05) is 6.42 Å². The van der Waals surface area contributed by atoms with Crippen LogP contribution in [0.1, 0.15) is 12.8 Å². The summed E-state index contributed by atoms with van der Waals surface area (Å²) in [5, 5.41) is 0.355. The van der Waals surface area contributed by atoms with E-state index >= 15 is 0 Å². The Labute approximate surface area is 71.3 Å². The van der Waals surface area contributed by atoms with E-state index in [1.54, 1.807) is 0 Å². The van der Waals surface area contributed by atoms with Crippen molar-refractivity contribution in [3.05, 3.63) is 0 Å². The second-order valence-electron chi connectivity index (χ2n) is 1.97. The lowest BCUT2D eigenvalue weighted by molar-refractivity contribution is 0.401. The van der Waals surface area contributed by atoms with Gasteiger partial charge in [-0.1, -0.05) is 0 Å². The standard InChI is InChI=1S/C5H10O4S2/c1-9-5(10)3-2-4-11(6,7)8/h2-4H2,1H3,(H,6,7,8). The molecule has 0 aromatic heterocycles. The summed E-state index contributed by atoms with van der Waals surface area (Å²) in [4.78, 5) is 0. The van der Waals surface area contributed by atoms with Crippen LogP contribution in [0.4, 0.5) is 0 Å². The summed E-state index contributed by atoms with van der Waals surface area (Å²) in [5.41, 5.74) is 0. The SMILES string of the molecule is COC(=S)CCCS(=O)(=O)O. The summed E-state index contributed by atoms with van der Waals surface area (Å²) in [6.07, 6.45) is 0.678. The minimum absolute atomic E-state index is 0.267. The Hall–Kier alpha value is -0.200. The molecule has 11 heavy (non-hydrogen) atoms. The molecule has 0 aliphatic rings. The van der Waals surface area contributed by atoms with E-state index in [0.717, 1.165) is 0 Å². The lowest BCUT2D eigenvalue weighted by atomic mass is 10.4. The molecular weight excluding hydrogens is 188 g/mol. The van der Waals surface area contributed by atoms with E-state index in [9.17, 15) is 8.42 Å². The molecule has 1 N–H and O–H groups in total. The summed E-state index contributed by atoms with van der Waals surface area (Å²) in [5.74, 6) is -0.267. The lowest BCUT2D eigenvalue weighted by Gasteiger charge is -1.99. The van der Waals surface area contributed by atoms with E-state index < -0.39 is 10.1 Å². The van der Waals surface area contributed by atoms with Gasteiger partial charge in [-0.2, -0.15) is 8.42 Å². The van der Waals surface area contributed by atoms with Gasteiger partial charge < -0.3 is 4.74 Å². The van der Waals surface area contributed by atoms with Crippen molar-refractivity contribution in [1.29, 1.82) is 0 Å². The maximum absolute atomic E-state index is 10.2. The Morgan fingerprint density at radius 2 is 2.18 bits per heavy atom. The van der Waals surface area contributed by atoms with Crippen LogP contribution in [0.15, 0.2) is 0 Å². The molecule has 66 valence electrons. The maximum atomic E-state index is 10.2. The highest BCUT2D eigenvalue weighted by Crippen LogP contribution is 1.96. The smallest absolute Gasteiger partial charge is 0.264 e. The summed E-state index contributed by atoms with van der Waals surface area (Å²) in [6, 6.07) is 0. The van der Waals surface area contributed by atoms with Crippen molar-refractivity contribution in [2.24, 2.45) is 0 Å². The van der Waals surface area contributed by atoms with Crippen molar-refractivity contribution in [3.8, 4) is 0 Å². The predicted molar refractivity (Wildman–Crippen MR) is 45.3 cm³/mol. The molecule has 0 aromatic carbocycles. The van der Waals surface area contributed by atoms with Gasteiger partial charge in [0.15, 0.2) is 5.05 Å². The van der Waals surface area contributed by atoms with Gasteiger partial charge >= 0.3 is 0 Å². The third-order valence-electron chi connectivity index (χ3n) is 1.01. The number of rotatable bonds is 4. The molecule has 0 aliphatic heterocycles. The summed E-state index contributed by atoms with van der Waals surface area (Å²) >= 11 is 4.64. The van der Waals surface area contributed by atoms with Crippen LogP contribution in [0.25, 0.3) is 0 Å². The average Bonchev–Trinajstić information content (AvgIpc) is 1.85. The van der Waals surface area contributed by atoms with E-state index in [0.29, 0.717) is 17.9 Å². The highest BCUT2D eigenvalue weighted by atomic mass is 32.2. The first-order chi connectivity index (χ1) is 4.95. The number of thiocarbonyl (C=S) groups is 1. The zero-order valence-electron chi connectivity index (χ0n) is 6.11. The molecule has 0 spiro atoms. The predicted octanol–water partition coefficient (Wildman–Crippen LogP) is 0.628. The second kappa shape index (κ2) is 4.63. The first-order valence-corrected chi connectivity index (χ1v) is 4.99. The summed E-state index contributed by atoms with van der Waals surface area (Å²) in [6.45, 7) is 0. The van der Waals surface area contributed by atoms with Gasteiger partial charge in [-0.15, -0.1) is 0 Å². The lowest BCUT2D eigenvalue weighted by Crippen LogP contribution is -2.06. The van der Waals surface area contributed by atoms with E-state index in [-0.39, 0.29) is 5.75 Å². The molecule has 0 saturated carbocycles. The Balaban J connectivity index is 3.51. The van der Waals surface area contributed by atoms with Gasteiger partial charge in [-0.05, 0) is 18.6 Å². The van der Waals surface area contributed by atoms with E-state index in [4.69, 9.17) is 4.55 Å². The molecule has 0 heterocycles. The third kappa shape index (κ3) is 7.70. The Morgan fingerprint density at radius 3 is 2.55 bits per heavy atom. The number of hydrogen-bond acceptors (Lipinski definition) is 4. The van der Waals surface area contributed by atoms with Crippen molar-refractivity contribution in [3.63, 3.8) is 0 Å². The molecule has 0 unspecified atom stereocenters. The van der Waals surface area contributed by atoms with Crippen LogP contribution in [-0.4, -0.2) is 30.9 Å². The minimum Gasteiger partial charge on any atom is -0.490 e. The fraction of sp³-hybridized carbons (Fsp3) is 0.800. The van der Waals surface area contributed by atoms with Crippen molar-refractivity contribution >= 4 is 27.4 Å². The molecule has 6 heteroatoms. The van der Waals surface area contributed by atoms with Crippen LogP contribution in [-0.2, 0) is 14.9 Å². The molecule has 0 atom stereocenters. The Bertz CT molecular complexity index is 219. The van der Waals surface area contributed by atoms with E-state index in [2.05, 4.69) is 17.0 Å². The van der Waals surface area contributed by atoms with Gasteiger partial charge in [0.2, 0.25) is 0 Å². The molecule has 0 amide bonds. The summed E-state index contributed by atoms with van der Waals surface area (Å²) < 4.78 is 33.3. The van der Waals surface area contributed by atoms with Crippen molar-refractivity contribution < 1.29 is 17.7 Å². The Kier molecular flexibility index (Phi) is 4.55. The largest absolute Gasteiger partial charge is 0.490 e. The zero-order valence-corrected chi connectivity index (χ0v) is 7.74. The first kappa shape index (κ1) is 10.8. The second-order valence-corrected chi connectivity index (χ2v) is 3.99. The van der Waals surface area contributed by atoms with Crippen LogP contribution in [0.5, 0.6) is 0 Å².